The molecule has 0 saturated carbocycles. The van der Waals surface area contributed by atoms with Crippen LogP contribution in [0, 0.1) is 5.92 Å². The Balaban J connectivity index is 1.38. The molecule has 4 rings (SSSR count). The smallest absolute Gasteiger partial charge is 0.231 e. The van der Waals surface area contributed by atoms with Crippen molar-refractivity contribution in [1.82, 2.24) is 14.7 Å². The minimum Gasteiger partial charge on any atom is -0.454 e. The van der Waals surface area contributed by atoms with Crippen molar-refractivity contribution < 1.29 is 19.1 Å². The number of ether oxygens (including phenoxy) is 2. The molecule has 2 atom stereocenters. The van der Waals surface area contributed by atoms with Crippen molar-refractivity contribution in [2.24, 2.45) is 5.92 Å². The Bertz CT molecular complexity index is 845. The zero-order valence-corrected chi connectivity index (χ0v) is 19.9. The molecule has 8 heteroatoms. The summed E-state index contributed by atoms with van der Waals surface area (Å²) in [6.45, 7) is 8.80. The first kappa shape index (κ1) is 23.2. The number of hydrogen-bond donors (Lipinski definition) is 0. The lowest BCUT2D eigenvalue weighted by Gasteiger charge is -2.38. The molecule has 1 aromatic carbocycles. The summed E-state index contributed by atoms with van der Waals surface area (Å²) in [5.74, 6) is 1.85. The Morgan fingerprint density at radius 3 is 2.62 bits per heavy atom. The monoisotopic (exact) mass is 463 g/mol. The van der Waals surface area contributed by atoms with Crippen molar-refractivity contribution in [2.75, 3.05) is 39.5 Å². The summed E-state index contributed by atoms with van der Waals surface area (Å²) in [5.41, 5.74) is 0.880. The van der Waals surface area contributed by atoms with Crippen LogP contribution in [0.4, 0.5) is 0 Å². The maximum Gasteiger partial charge on any atom is 0.231 e. The van der Waals surface area contributed by atoms with E-state index < -0.39 is 0 Å². The number of halogens is 1. The van der Waals surface area contributed by atoms with E-state index in [0.29, 0.717) is 42.1 Å². The molecule has 2 fully saturated rings. The van der Waals surface area contributed by atoms with Gasteiger partial charge in [-0.1, -0.05) is 11.6 Å². The number of rotatable bonds is 6. The Hall–Kier alpha value is -1.99. The third kappa shape index (κ3) is 4.99. The van der Waals surface area contributed by atoms with Crippen LogP contribution in [0.2, 0.25) is 5.02 Å². The van der Waals surface area contributed by atoms with Crippen molar-refractivity contribution in [3.63, 3.8) is 0 Å². The summed E-state index contributed by atoms with van der Waals surface area (Å²) < 4.78 is 10.9. The third-order valence-electron chi connectivity index (χ3n) is 7.07. The van der Waals surface area contributed by atoms with E-state index in [1.807, 2.05) is 29.7 Å². The van der Waals surface area contributed by atoms with Gasteiger partial charge in [0.25, 0.3) is 0 Å². The van der Waals surface area contributed by atoms with Crippen LogP contribution in [-0.4, -0.2) is 72.1 Å². The maximum atomic E-state index is 12.9. The van der Waals surface area contributed by atoms with Crippen LogP contribution in [0.5, 0.6) is 11.5 Å². The average Bonchev–Trinajstić information content (AvgIpc) is 3.17. The quantitative estimate of drug-likeness (QED) is 0.645. The first-order chi connectivity index (χ1) is 15.5. The van der Waals surface area contributed by atoms with Crippen LogP contribution in [0.3, 0.4) is 0 Å². The zero-order chi connectivity index (χ0) is 22.7. The Morgan fingerprint density at radius 2 is 1.88 bits per heavy atom. The highest BCUT2D eigenvalue weighted by atomic mass is 35.5. The molecule has 2 amide bonds. The molecule has 3 aliphatic heterocycles. The normalized spacial score (nSPS) is 23.8. The number of carbonyl (C=O) groups is 2. The van der Waals surface area contributed by atoms with E-state index >= 15 is 0 Å². The second kappa shape index (κ2) is 10.3. The van der Waals surface area contributed by atoms with Gasteiger partial charge in [-0.25, -0.2) is 0 Å². The van der Waals surface area contributed by atoms with Crippen molar-refractivity contribution in [1.29, 1.82) is 0 Å². The van der Waals surface area contributed by atoms with Crippen molar-refractivity contribution in [3.8, 4) is 11.5 Å². The second-order valence-corrected chi connectivity index (χ2v) is 9.35. The average molecular weight is 464 g/mol. The van der Waals surface area contributed by atoms with Gasteiger partial charge in [0.15, 0.2) is 11.5 Å². The predicted molar refractivity (Wildman–Crippen MR) is 123 cm³/mol. The molecule has 0 unspecified atom stereocenters. The summed E-state index contributed by atoms with van der Waals surface area (Å²) in [6, 6.07) is 3.99. The Morgan fingerprint density at radius 1 is 1.12 bits per heavy atom. The molecule has 0 aromatic heterocycles. The maximum absolute atomic E-state index is 12.9. The van der Waals surface area contributed by atoms with Gasteiger partial charge in [0.05, 0.1) is 5.92 Å². The van der Waals surface area contributed by atoms with E-state index in [2.05, 4.69) is 4.90 Å². The minimum absolute atomic E-state index is 0.0751. The first-order valence-corrected chi connectivity index (χ1v) is 12.3. The van der Waals surface area contributed by atoms with Crippen LogP contribution in [-0.2, 0) is 16.1 Å². The molecule has 1 aromatic rings. The lowest BCUT2D eigenvalue weighted by molar-refractivity contribution is -0.137. The van der Waals surface area contributed by atoms with Crippen molar-refractivity contribution >= 4 is 23.4 Å². The largest absolute Gasteiger partial charge is 0.454 e. The molecule has 7 nitrogen and oxygen atoms in total. The fourth-order valence-electron chi connectivity index (χ4n) is 5.17. The molecule has 3 heterocycles. The summed E-state index contributed by atoms with van der Waals surface area (Å²) in [7, 11) is 0. The van der Waals surface area contributed by atoms with Crippen LogP contribution in [0.15, 0.2) is 12.1 Å². The number of hydrogen-bond acceptors (Lipinski definition) is 5. The van der Waals surface area contributed by atoms with Gasteiger partial charge in [0.1, 0.15) is 0 Å². The van der Waals surface area contributed by atoms with Gasteiger partial charge in [0.2, 0.25) is 18.6 Å². The van der Waals surface area contributed by atoms with Gasteiger partial charge in [-0.3, -0.25) is 14.5 Å². The summed E-state index contributed by atoms with van der Waals surface area (Å²) >= 11 is 6.44. The zero-order valence-electron chi connectivity index (χ0n) is 19.1. The van der Waals surface area contributed by atoms with E-state index in [0.717, 1.165) is 57.4 Å². The fourth-order valence-corrected chi connectivity index (χ4v) is 5.39. The van der Waals surface area contributed by atoms with Gasteiger partial charge < -0.3 is 19.3 Å². The minimum atomic E-state index is 0.0751. The standard InChI is InChI=1S/C24H34ClN3O4/c1-3-26(4-2)24(30)17-6-5-10-27(14-17)19-7-8-23(29)28(11-9-19)15-18-12-21-22(13-20(18)25)32-16-31-21/h12-13,17,19H,3-11,14-16H2,1-2H3/t17-,19-/m1/s1. The predicted octanol–water partition coefficient (Wildman–Crippen LogP) is 3.53. The molecule has 0 radical (unpaired) electrons. The van der Waals surface area contributed by atoms with Crippen LogP contribution in [0.1, 0.15) is 51.5 Å². The molecule has 3 aliphatic rings. The van der Waals surface area contributed by atoms with Crippen LogP contribution >= 0.6 is 11.6 Å². The third-order valence-corrected chi connectivity index (χ3v) is 7.42. The first-order valence-electron chi connectivity index (χ1n) is 11.9. The lowest BCUT2D eigenvalue weighted by atomic mass is 9.93. The van der Waals surface area contributed by atoms with Gasteiger partial charge in [-0.2, -0.15) is 0 Å². The molecule has 2 saturated heterocycles. The number of carbonyl (C=O) groups excluding carboxylic acids is 2. The number of nitrogens with zero attached hydrogens (tertiary/aromatic N) is 3. The van der Waals surface area contributed by atoms with Gasteiger partial charge >= 0.3 is 0 Å². The molecule has 176 valence electrons. The molecular formula is C24H34ClN3O4. The highest BCUT2D eigenvalue weighted by Gasteiger charge is 2.33. The highest BCUT2D eigenvalue weighted by Crippen LogP contribution is 2.37. The number of piperidine rings is 1. The molecule has 32 heavy (non-hydrogen) atoms. The summed E-state index contributed by atoms with van der Waals surface area (Å²) in [5, 5.41) is 0.594. The van der Waals surface area contributed by atoms with E-state index in [1.54, 1.807) is 6.07 Å². The lowest BCUT2D eigenvalue weighted by Crippen LogP contribution is -2.48. The molecule has 0 bridgehead atoms. The molecular weight excluding hydrogens is 430 g/mol. The van der Waals surface area contributed by atoms with Gasteiger partial charge in [0, 0.05) is 56.3 Å². The van der Waals surface area contributed by atoms with E-state index in [4.69, 9.17) is 21.1 Å². The molecule has 0 aliphatic carbocycles. The summed E-state index contributed by atoms with van der Waals surface area (Å²) in [4.78, 5) is 32.1. The molecule has 0 N–H and O–H groups in total. The van der Waals surface area contributed by atoms with Crippen LogP contribution < -0.4 is 9.47 Å². The second-order valence-electron chi connectivity index (χ2n) is 8.94. The van der Waals surface area contributed by atoms with E-state index in [1.165, 1.54) is 0 Å². The summed E-state index contributed by atoms with van der Waals surface area (Å²) in [6.07, 6.45) is 4.29. The number of benzene rings is 1. The van der Waals surface area contributed by atoms with E-state index in [-0.39, 0.29) is 24.5 Å². The van der Waals surface area contributed by atoms with Gasteiger partial charge in [-0.15, -0.1) is 0 Å². The SMILES string of the molecule is CCN(CC)C(=O)[C@@H]1CCCN([C@@H]2CCC(=O)N(Cc3cc4c(cc3Cl)OCO4)CC2)C1. The van der Waals surface area contributed by atoms with Crippen molar-refractivity contribution in [2.45, 2.75) is 58.5 Å². The Kier molecular flexibility index (Phi) is 7.46. The van der Waals surface area contributed by atoms with Gasteiger partial charge in [-0.05, 0) is 57.7 Å². The Labute approximate surface area is 195 Å². The van der Waals surface area contributed by atoms with E-state index in [9.17, 15) is 9.59 Å². The number of likely N-dealkylation sites (tertiary alicyclic amines) is 2. The van der Waals surface area contributed by atoms with Crippen LogP contribution in [0.25, 0.3) is 0 Å². The van der Waals surface area contributed by atoms with Crippen molar-refractivity contribution in [3.05, 3.63) is 22.7 Å². The topological polar surface area (TPSA) is 62.3 Å². The molecule has 0 spiro atoms. The highest BCUT2D eigenvalue weighted by molar-refractivity contribution is 6.31. The number of amides is 2. The fraction of sp³-hybridized carbons (Fsp3) is 0.667. The number of fused-ring (bicyclic) bond motifs is 1.